The van der Waals surface area contributed by atoms with Crippen molar-refractivity contribution in [2.24, 2.45) is 0 Å². The molecule has 4 nitrogen and oxygen atoms in total. The molecule has 2 aliphatic heterocycles. The van der Waals surface area contributed by atoms with Crippen LogP contribution in [0, 0.1) is 0 Å². The highest BCUT2D eigenvalue weighted by molar-refractivity contribution is 7.99. The molecule has 0 spiro atoms. The van der Waals surface area contributed by atoms with Gasteiger partial charge in [0.25, 0.3) is 0 Å². The second-order valence-electron chi connectivity index (χ2n) is 4.80. The standard InChI is InChI=1S/C11H18F3N3OS/c12-11(13,14)8-16-2-4-17(5-3-16)10(18)9-7-19-6-1-15-9/h9,15H,1-8H2. The van der Waals surface area contributed by atoms with E-state index in [1.807, 2.05) is 0 Å². The zero-order valence-corrected chi connectivity index (χ0v) is 11.4. The second-order valence-corrected chi connectivity index (χ2v) is 5.95. The fourth-order valence-electron chi connectivity index (χ4n) is 2.32. The number of halogens is 3. The molecule has 0 aliphatic carbocycles. The van der Waals surface area contributed by atoms with Crippen LogP contribution in [0.2, 0.25) is 0 Å². The normalized spacial score (nSPS) is 26.5. The molecule has 2 heterocycles. The van der Waals surface area contributed by atoms with Crippen molar-refractivity contribution in [3.05, 3.63) is 0 Å². The van der Waals surface area contributed by atoms with Gasteiger partial charge in [0.1, 0.15) is 0 Å². The summed E-state index contributed by atoms with van der Waals surface area (Å²) < 4.78 is 36.8. The number of carbonyl (C=O) groups excluding carboxylic acids is 1. The molecule has 2 saturated heterocycles. The summed E-state index contributed by atoms with van der Waals surface area (Å²) in [4.78, 5) is 15.2. The van der Waals surface area contributed by atoms with Gasteiger partial charge in [-0.25, -0.2) is 0 Å². The highest BCUT2D eigenvalue weighted by Gasteiger charge is 2.34. The third-order valence-electron chi connectivity index (χ3n) is 3.31. The molecule has 0 bridgehead atoms. The predicted octanol–water partition coefficient (Wildman–Crippen LogP) is 0.398. The first-order valence-electron chi connectivity index (χ1n) is 6.35. The lowest BCUT2D eigenvalue weighted by Gasteiger charge is -2.37. The lowest BCUT2D eigenvalue weighted by atomic mass is 10.2. The molecular formula is C11H18F3N3OS. The SMILES string of the molecule is O=C(C1CSCCN1)N1CCN(CC(F)(F)F)CC1. The van der Waals surface area contributed by atoms with Gasteiger partial charge in [0.05, 0.1) is 12.6 Å². The van der Waals surface area contributed by atoms with E-state index in [9.17, 15) is 18.0 Å². The Kier molecular flexibility index (Phi) is 4.97. The highest BCUT2D eigenvalue weighted by atomic mass is 32.2. The van der Waals surface area contributed by atoms with Crippen molar-refractivity contribution in [1.29, 1.82) is 0 Å². The van der Waals surface area contributed by atoms with E-state index >= 15 is 0 Å². The lowest BCUT2D eigenvalue weighted by molar-refractivity contribution is -0.152. The zero-order valence-electron chi connectivity index (χ0n) is 10.6. The first-order valence-corrected chi connectivity index (χ1v) is 7.50. The molecule has 2 rings (SSSR count). The number of alkyl halides is 3. The Balaban J connectivity index is 1.77. The summed E-state index contributed by atoms with van der Waals surface area (Å²) >= 11 is 1.73. The summed E-state index contributed by atoms with van der Waals surface area (Å²) in [5, 5.41) is 3.16. The van der Waals surface area contributed by atoms with Gasteiger partial charge in [-0.1, -0.05) is 0 Å². The third-order valence-corrected chi connectivity index (χ3v) is 4.37. The van der Waals surface area contributed by atoms with Gasteiger partial charge in [-0.2, -0.15) is 24.9 Å². The van der Waals surface area contributed by atoms with E-state index in [0.717, 1.165) is 18.1 Å². The van der Waals surface area contributed by atoms with Crippen molar-refractivity contribution in [3.63, 3.8) is 0 Å². The average molecular weight is 297 g/mol. The Labute approximate surface area is 114 Å². The van der Waals surface area contributed by atoms with E-state index in [4.69, 9.17) is 0 Å². The van der Waals surface area contributed by atoms with Crippen molar-refractivity contribution < 1.29 is 18.0 Å². The summed E-state index contributed by atoms with van der Waals surface area (Å²) in [7, 11) is 0. The van der Waals surface area contributed by atoms with Crippen molar-refractivity contribution in [2.45, 2.75) is 12.2 Å². The Bertz CT molecular complexity index is 313. The molecule has 110 valence electrons. The number of thioether (sulfide) groups is 1. The number of piperazine rings is 1. The zero-order chi connectivity index (χ0) is 13.9. The molecule has 2 fully saturated rings. The minimum Gasteiger partial charge on any atom is -0.339 e. The molecular weight excluding hydrogens is 279 g/mol. The molecule has 8 heteroatoms. The quantitative estimate of drug-likeness (QED) is 0.800. The molecule has 1 unspecified atom stereocenters. The number of nitrogens with one attached hydrogen (secondary N) is 1. The number of hydrogen-bond acceptors (Lipinski definition) is 4. The van der Waals surface area contributed by atoms with Gasteiger partial charge in [0.2, 0.25) is 5.91 Å². The van der Waals surface area contributed by atoms with E-state index in [1.54, 1.807) is 16.7 Å². The average Bonchev–Trinajstić information content (AvgIpc) is 2.38. The molecule has 0 aromatic rings. The maximum absolute atomic E-state index is 12.3. The number of amides is 1. The molecule has 1 N–H and O–H groups in total. The Morgan fingerprint density at radius 1 is 1.26 bits per heavy atom. The highest BCUT2D eigenvalue weighted by Crippen LogP contribution is 2.18. The third kappa shape index (κ3) is 4.54. The Hall–Kier alpha value is -0.470. The van der Waals surface area contributed by atoms with Crippen molar-refractivity contribution >= 4 is 17.7 Å². The summed E-state index contributed by atoms with van der Waals surface area (Å²) in [5.41, 5.74) is 0. The second kappa shape index (κ2) is 6.32. The van der Waals surface area contributed by atoms with Gasteiger partial charge < -0.3 is 10.2 Å². The number of hydrogen-bond donors (Lipinski definition) is 1. The van der Waals surface area contributed by atoms with E-state index in [2.05, 4.69) is 5.32 Å². The fourth-order valence-corrected chi connectivity index (χ4v) is 3.25. The smallest absolute Gasteiger partial charge is 0.339 e. The van der Waals surface area contributed by atoms with Crippen LogP contribution >= 0.6 is 11.8 Å². The van der Waals surface area contributed by atoms with Gasteiger partial charge in [0, 0.05) is 44.2 Å². The van der Waals surface area contributed by atoms with Gasteiger partial charge in [-0.05, 0) is 0 Å². The van der Waals surface area contributed by atoms with Gasteiger partial charge in [0.15, 0.2) is 0 Å². The van der Waals surface area contributed by atoms with Crippen molar-refractivity contribution in [1.82, 2.24) is 15.1 Å². The first-order chi connectivity index (χ1) is 8.96. The van der Waals surface area contributed by atoms with Crippen LogP contribution in [0.25, 0.3) is 0 Å². The van der Waals surface area contributed by atoms with Crippen LogP contribution in [0.3, 0.4) is 0 Å². The molecule has 0 saturated carbocycles. The molecule has 2 aliphatic rings. The summed E-state index contributed by atoms with van der Waals surface area (Å²) in [6.07, 6.45) is -4.16. The van der Waals surface area contributed by atoms with E-state index in [1.165, 1.54) is 4.90 Å². The topological polar surface area (TPSA) is 35.6 Å². The van der Waals surface area contributed by atoms with Crippen LogP contribution in [-0.2, 0) is 4.79 Å². The summed E-state index contributed by atoms with van der Waals surface area (Å²) in [6, 6.07) is -0.173. The van der Waals surface area contributed by atoms with E-state index < -0.39 is 12.7 Å². The Morgan fingerprint density at radius 3 is 2.47 bits per heavy atom. The predicted molar refractivity (Wildman–Crippen MR) is 68.2 cm³/mol. The largest absolute Gasteiger partial charge is 0.401 e. The van der Waals surface area contributed by atoms with Crippen LogP contribution in [0.1, 0.15) is 0 Å². The van der Waals surface area contributed by atoms with E-state index in [0.29, 0.717) is 26.2 Å². The number of carbonyl (C=O) groups is 1. The van der Waals surface area contributed by atoms with Crippen molar-refractivity contribution in [2.75, 3.05) is 50.8 Å². The van der Waals surface area contributed by atoms with Crippen LogP contribution in [0.5, 0.6) is 0 Å². The summed E-state index contributed by atoms with van der Waals surface area (Å²) in [6.45, 7) is 1.30. The molecule has 0 aromatic heterocycles. The minimum absolute atomic E-state index is 0.0267. The number of nitrogens with zero attached hydrogens (tertiary/aromatic N) is 2. The lowest BCUT2D eigenvalue weighted by Crippen LogP contribution is -2.56. The number of rotatable bonds is 2. The Morgan fingerprint density at radius 2 is 1.95 bits per heavy atom. The minimum atomic E-state index is -4.16. The van der Waals surface area contributed by atoms with Gasteiger partial charge in [-0.3, -0.25) is 9.69 Å². The van der Waals surface area contributed by atoms with Crippen LogP contribution in [0.4, 0.5) is 13.2 Å². The maximum Gasteiger partial charge on any atom is 0.401 e. The van der Waals surface area contributed by atoms with Crippen molar-refractivity contribution in [3.8, 4) is 0 Å². The fraction of sp³-hybridized carbons (Fsp3) is 0.909. The molecule has 19 heavy (non-hydrogen) atoms. The monoisotopic (exact) mass is 297 g/mol. The maximum atomic E-state index is 12.3. The van der Waals surface area contributed by atoms with Crippen LogP contribution < -0.4 is 5.32 Å². The molecule has 1 atom stereocenters. The van der Waals surface area contributed by atoms with Crippen LogP contribution in [-0.4, -0.2) is 78.7 Å². The van der Waals surface area contributed by atoms with Gasteiger partial charge in [-0.15, -0.1) is 0 Å². The van der Waals surface area contributed by atoms with Gasteiger partial charge >= 0.3 is 6.18 Å². The van der Waals surface area contributed by atoms with E-state index in [-0.39, 0.29) is 11.9 Å². The molecule has 0 radical (unpaired) electrons. The van der Waals surface area contributed by atoms with Crippen LogP contribution in [0.15, 0.2) is 0 Å². The molecule has 0 aromatic carbocycles. The first kappa shape index (κ1) is 14.9. The summed E-state index contributed by atoms with van der Waals surface area (Å²) in [5.74, 6) is 1.78. The molecule has 1 amide bonds.